The molecule has 2 fully saturated rings. The Morgan fingerprint density at radius 3 is 2.30 bits per heavy atom. The SMILES string of the molecule is CC(C)CCC1CCC2(CCN(C(C)C)CC2)CC1=O. The van der Waals surface area contributed by atoms with E-state index in [0.29, 0.717) is 23.2 Å². The number of nitrogens with zero attached hydrogens (tertiary/aromatic N) is 1. The van der Waals surface area contributed by atoms with Crippen LogP contribution in [0.4, 0.5) is 0 Å². The molecule has 1 heterocycles. The molecule has 1 aliphatic heterocycles. The van der Waals surface area contributed by atoms with E-state index in [9.17, 15) is 4.79 Å². The number of piperidine rings is 1. The van der Waals surface area contributed by atoms with Gasteiger partial charge in [0.05, 0.1) is 0 Å². The van der Waals surface area contributed by atoms with Gasteiger partial charge >= 0.3 is 0 Å². The van der Waals surface area contributed by atoms with Crippen molar-refractivity contribution in [1.82, 2.24) is 4.90 Å². The highest BCUT2D eigenvalue weighted by Gasteiger charge is 2.41. The Labute approximate surface area is 125 Å². The molecule has 2 heteroatoms. The zero-order chi connectivity index (χ0) is 14.8. The van der Waals surface area contributed by atoms with Crippen molar-refractivity contribution in [2.24, 2.45) is 17.3 Å². The minimum Gasteiger partial charge on any atom is -0.301 e. The Balaban J connectivity index is 1.85. The van der Waals surface area contributed by atoms with Crippen LogP contribution in [0.3, 0.4) is 0 Å². The van der Waals surface area contributed by atoms with Gasteiger partial charge in [-0.05, 0) is 70.4 Å². The molecule has 0 radical (unpaired) electrons. The number of ketones is 1. The van der Waals surface area contributed by atoms with Crippen LogP contribution in [0.2, 0.25) is 0 Å². The molecule has 2 rings (SSSR count). The Hall–Kier alpha value is -0.370. The van der Waals surface area contributed by atoms with E-state index < -0.39 is 0 Å². The van der Waals surface area contributed by atoms with Crippen LogP contribution in [0.15, 0.2) is 0 Å². The van der Waals surface area contributed by atoms with Crippen molar-refractivity contribution in [2.45, 2.75) is 78.7 Å². The number of likely N-dealkylation sites (tertiary alicyclic amines) is 1. The van der Waals surface area contributed by atoms with Gasteiger partial charge in [-0.25, -0.2) is 0 Å². The molecule has 0 N–H and O–H groups in total. The van der Waals surface area contributed by atoms with Crippen molar-refractivity contribution < 1.29 is 4.79 Å². The Bertz CT molecular complexity index is 326. The van der Waals surface area contributed by atoms with E-state index in [1.807, 2.05) is 0 Å². The number of hydrogen-bond donors (Lipinski definition) is 0. The van der Waals surface area contributed by atoms with Gasteiger partial charge in [0.15, 0.2) is 0 Å². The predicted molar refractivity (Wildman–Crippen MR) is 84.8 cm³/mol. The first-order valence-electron chi connectivity index (χ1n) is 8.69. The maximum atomic E-state index is 12.5. The lowest BCUT2D eigenvalue weighted by Gasteiger charge is -2.46. The third kappa shape index (κ3) is 3.84. The summed E-state index contributed by atoms with van der Waals surface area (Å²) in [5, 5.41) is 0. The monoisotopic (exact) mass is 279 g/mol. The van der Waals surface area contributed by atoms with Crippen LogP contribution in [0, 0.1) is 17.3 Å². The van der Waals surface area contributed by atoms with Gasteiger partial charge in [0.1, 0.15) is 5.78 Å². The van der Waals surface area contributed by atoms with Crippen molar-refractivity contribution in [3.05, 3.63) is 0 Å². The molecule has 1 unspecified atom stereocenters. The second kappa shape index (κ2) is 6.60. The molecule has 0 aromatic heterocycles. The van der Waals surface area contributed by atoms with Crippen molar-refractivity contribution in [2.75, 3.05) is 13.1 Å². The van der Waals surface area contributed by atoms with Crippen LogP contribution < -0.4 is 0 Å². The molecule has 2 nitrogen and oxygen atoms in total. The van der Waals surface area contributed by atoms with Crippen LogP contribution in [-0.2, 0) is 4.79 Å². The van der Waals surface area contributed by atoms with E-state index in [-0.39, 0.29) is 0 Å². The van der Waals surface area contributed by atoms with Crippen LogP contribution >= 0.6 is 0 Å². The first-order chi connectivity index (χ1) is 9.42. The molecular weight excluding hydrogens is 246 g/mol. The normalized spacial score (nSPS) is 27.7. The van der Waals surface area contributed by atoms with E-state index in [2.05, 4.69) is 32.6 Å². The van der Waals surface area contributed by atoms with Crippen molar-refractivity contribution in [1.29, 1.82) is 0 Å². The van der Waals surface area contributed by atoms with Gasteiger partial charge in [-0.2, -0.15) is 0 Å². The van der Waals surface area contributed by atoms with Crippen LogP contribution in [0.25, 0.3) is 0 Å². The molecule has 0 aromatic carbocycles. The zero-order valence-electron chi connectivity index (χ0n) is 14.0. The van der Waals surface area contributed by atoms with E-state index in [0.717, 1.165) is 25.2 Å². The third-order valence-corrected chi connectivity index (χ3v) is 5.71. The fourth-order valence-electron chi connectivity index (χ4n) is 4.03. The Kier molecular flexibility index (Phi) is 5.28. The van der Waals surface area contributed by atoms with Gasteiger partial charge in [-0.1, -0.05) is 20.3 Å². The molecule has 1 aliphatic carbocycles. The summed E-state index contributed by atoms with van der Waals surface area (Å²) in [4.78, 5) is 15.1. The van der Waals surface area contributed by atoms with E-state index >= 15 is 0 Å². The highest BCUT2D eigenvalue weighted by Crippen LogP contribution is 2.46. The topological polar surface area (TPSA) is 20.3 Å². The molecule has 20 heavy (non-hydrogen) atoms. The smallest absolute Gasteiger partial charge is 0.136 e. The number of carbonyl (C=O) groups excluding carboxylic acids is 1. The molecule has 0 bridgehead atoms. The summed E-state index contributed by atoms with van der Waals surface area (Å²) in [6.45, 7) is 11.5. The second-order valence-corrected chi connectivity index (χ2v) is 7.98. The van der Waals surface area contributed by atoms with E-state index in [1.165, 1.54) is 38.8 Å². The number of rotatable bonds is 4. The summed E-state index contributed by atoms with van der Waals surface area (Å²) in [6.07, 6.45) is 8.17. The largest absolute Gasteiger partial charge is 0.301 e. The van der Waals surface area contributed by atoms with Gasteiger partial charge in [-0.15, -0.1) is 0 Å². The standard InChI is InChI=1S/C18H33NO/c1-14(2)5-6-16-7-8-18(13-17(16)20)9-11-19(12-10-18)15(3)4/h14-16H,5-13H2,1-4H3. The average molecular weight is 279 g/mol. The van der Waals surface area contributed by atoms with Gasteiger partial charge in [0.25, 0.3) is 0 Å². The average Bonchev–Trinajstić information content (AvgIpc) is 2.38. The minimum atomic E-state index is 0.372. The molecule has 1 spiro atoms. The van der Waals surface area contributed by atoms with Crippen molar-refractivity contribution in [3.63, 3.8) is 0 Å². The van der Waals surface area contributed by atoms with Gasteiger partial charge in [0.2, 0.25) is 0 Å². The molecular formula is C18H33NO. The maximum Gasteiger partial charge on any atom is 0.136 e. The predicted octanol–water partition coefficient (Wildman–Crippen LogP) is 4.28. The first kappa shape index (κ1) is 16.0. The summed E-state index contributed by atoms with van der Waals surface area (Å²) >= 11 is 0. The summed E-state index contributed by atoms with van der Waals surface area (Å²) < 4.78 is 0. The fourth-order valence-corrected chi connectivity index (χ4v) is 4.03. The molecule has 1 atom stereocenters. The molecule has 1 saturated carbocycles. The molecule has 116 valence electrons. The first-order valence-corrected chi connectivity index (χ1v) is 8.69. The fraction of sp³-hybridized carbons (Fsp3) is 0.944. The van der Waals surface area contributed by atoms with Crippen LogP contribution in [0.1, 0.15) is 72.6 Å². The Morgan fingerprint density at radius 1 is 1.15 bits per heavy atom. The maximum absolute atomic E-state index is 12.5. The number of Topliss-reactive ketones (excluding diaryl/α,β-unsaturated/α-hetero) is 1. The van der Waals surface area contributed by atoms with Gasteiger partial charge in [0, 0.05) is 18.4 Å². The summed E-state index contributed by atoms with van der Waals surface area (Å²) in [5.74, 6) is 1.69. The van der Waals surface area contributed by atoms with Gasteiger partial charge in [-0.3, -0.25) is 4.79 Å². The molecule has 0 amide bonds. The summed E-state index contributed by atoms with van der Waals surface area (Å²) in [6, 6.07) is 0.658. The molecule has 0 aromatic rings. The van der Waals surface area contributed by atoms with Gasteiger partial charge < -0.3 is 4.90 Å². The lowest BCUT2D eigenvalue weighted by molar-refractivity contribution is -0.130. The number of carbonyl (C=O) groups is 1. The highest BCUT2D eigenvalue weighted by molar-refractivity contribution is 5.82. The molecule has 1 saturated heterocycles. The number of hydrogen-bond acceptors (Lipinski definition) is 2. The molecule has 2 aliphatic rings. The second-order valence-electron chi connectivity index (χ2n) is 7.98. The Morgan fingerprint density at radius 2 is 1.80 bits per heavy atom. The minimum absolute atomic E-state index is 0.372. The highest BCUT2D eigenvalue weighted by atomic mass is 16.1. The zero-order valence-corrected chi connectivity index (χ0v) is 14.0. The van der Waals surface area contributed by atoms with E-state index in [4.69, 9.17) is 0 Å². The lowest BCUT2D eigenvalue weighted by Crippen LogP contribution is -2.46. The quantitative estimate of drug-likeness (QED) is 0.765. The van der Waals surface area contributed by atoms with Crippen LogP contribution in [0.5, 0.6) is 0 Å². The third-order valence-electron chi connectivity index (χ3n) is 5.71. The van der Waals surface area contributed by atoms with E-state index in [1.54, 1.807) is 0 Å². The van der Waals surface area contributed by atoms with Crippen LogP contribution in [-0.4, -0.2) is 29.8 Å². The summed E-state index contributed by atoms with van der Waals surface area (Å²) in [7, 11) is 0. The van der Waals surface area contributed by atoms with Crippen molar-refractivity contribution in [3.8, 4) is 0 Å². The van der Waals surface area contributed by atoms with Crippen molar-refractivity contribution >= 4 is 5.78 Å². The lowest BCUT2D eigenvalue weighted by atomic mass is 9.64. The summed E-state index contributed by atoms with van der Waals surface area (Å²) in [5.41, 5.74) is 0.372.